The fourth-order valence-electron chi connectivity index (χ4n) is 2.85. The van der Waals surface area contributed by atoms with Gasteiger partial charge in [0.05, 0.1) is 18.0 Å². The van der Waals surface area contributed by atoms with Crippen molar-refractivity contribution in [2.45, 2.75) is 6.61 Å². The fourth-order valence-corrected chi connectivity index (χ4v) is 3.39. The van der Waals surface area contributed by atoms with E-state index >= 15 is 0 Å². The molecule has 0 amide bonds. The minimum atomic E-state index is 0.0361. The van der Waals surface area contributed by atoms with E-state index < -0.39 is 0 Å². The second kappa shape index (κ2) is 7.39. The van der Waals surface area contributed by atoms with Crippen LogP contribution in [0.4, 0.5) is 0 Å². The highest BCUT2D eigenvalue weighted by Gasteiger charge is 2.15. The van der Waals surface area contributed by atoms with Crippen molar-refractivity contribution in [3.8, 4) is 33.9 Å². The number of aromatic nitrogens is 3. The number of nitrogens with one attached hydrogen (secondary N) is 1. The van der Waals surface area contributed by atoms with E-state index in [0.29, 0.717) is 0 Å². The van der Waals surface area contributed by atoms with Gasteiger partial charge in [-0.3, -0.25) is 4.98 Å². The van der Waals surface area contributed by atoms with Crippen LogP contribution in [0.2, 0.25) is 0 Å². The normalized spacial score (nSPS) is 10.8. The van der Waals surface area contributed by atoms with E-state index in [1.54, 1.807) is 12.4 Å². The molecule has 2 aromatic carbocycles. The van der Waals surface area contributed by atoms with Gasteiger partial charge in [-0.1, -0.05) is 36.4 Å². The third kappa shape index (κ3) is 3.40. The number of H-pyrrole nitrogens is 1. The van der Waals surface area contributed by atoms with Crippen LogP contribution in [0, 0.1) is 3.57 Å². The van der Waals surface area contributed by atoms with Gasteiger partial charge in [-0.2, -0.15) is 0 Å². The molecule has 4 rings (SSSR count). The van der Waals surface area contributed by atoms with E-state index in [9.17, 15) is 5.11 Å². The molecule has 0 saturated heterocycles. The molecule has 0 atom stereocenters. The van der Waals surface area contributed by atoms with Crippen LogP contribution in [0.3, 0.4) is 0 Å². The van der Waals surface area contributed by atoms with E-state index in [1.165, 1.54) is 3.57 Å². The molecule has 0 spiro atoms. The van der Waals surface area contributed by atoms with Gasteiger partial charge in [0.2, 0.25) is 0 Å². The van der Waals surface area contributed by atoms with Gasteiger partial charge in [-0.25, -0.2) is 4.98 Å². The molecule has 0 saturated carbocycles. The molecule has 2 heterocycles. The van der Waals surface area contributed by atoms with Crippen molar-refractivity contribution in [3.63, 3.8) is 0 Å². The Hall–Kier alpha value is -2.51. The Kier molecular flexibility index (Phi) is 4.81. The quantitative estimate of drug-likeness (QED) is 0.432. The van der Waals surface area contributed by atoms with Crippen LogP contribution >= 0.6 is 22.6 Å². The number of aliphatic hydroxyl groups excluding tert-OH is 1. The zero-order valence-corrected chi connectivity index (χ0v) is 16.0. The summed E-state index contributed by atoms with van der Waals surface area (Å²) >= 11 is 2.32. The Bertz CT molecular complexity index is 1030. The summed E-state index contributed by atoms with van der Waals surface area (Å²) in [6.07, 6.45) is 3.55. The van der Waals surface area contributed by atoms with Crippen LogP contribution in [-0.2, 0) is 6.61 Å². The highest BCUT2D eigenvalue weighted by molar-refractivity contribution is 14.1. The first-order chi connectivity index (χ1) is 12.7. The van der Waals surface area contributed by atoms with Crippen molar-refractivity contribution in [1.82, 2.24) is 15.0 Å². The molecular formula is C21H16IN3O. The largest absolute Gasteiger partial charge is 0.392 e. The lowest BCUT2D eigenvalue weighted by Gasteiger charge is -2.03. The van der Waals surface area contributed by atoms with Gasteiger partial charge in [-0.15, -0.1) is 0 Å². The predicted octanol–water partition coefficient (Wildman–Crippen LogP) is 4.90. The summed E-state index contributed by atoms with van der Waals surface area (Å²) in [5.41, 5.74) is 5.85. The van der Waals surface area contributed by atoms with Crippen molar-refractivity contribution in [2.24, 2.45) is 0 Å². The number of rotatable bonds is 4. The lowest BCUT2D eigenvalue weighted by molar-refractivity contribution is 0.282. The zero-order valence-electron chi connectivity index (χ0n) is 13.9. The molecule has 0 unspecified atom stereocenters. The molecule has 0 aliphatic heterocycles. The zero-order chi connectivity index (χ0) is 17.9. The van der Waals surface area contributed by atoms with Gasteiger partial charge in [0.1, 0.15) is 5.82 Å². The van der Waals surface area contributed by atoms with Crippen LogP contribution in [-0.4, -0.2) is 20.1 Å². The van der Waals surface area contributed by atoms with Crippen LogP contribution < -0.4 is 0 Å². The molecule has 0 fully saturated rings. The molecule has 2 aromatic heterocycles. The number of hydrogen-bond donors (Lipinski definition) is 2. The van der Waals surface area contributed by atoms with Crippen molar-refractivity contribution in [2.75, 3.05) is 0 Å². The minimum absolute atomic E-state index is 0.0361. The Balaban J connectivity index is 1.87. The highest BCUT2D eigenvalue weighted by Crippen LogP contribution is 2.33. The number of benzene rings is 2. The van der Waals surface area contributed by atoms with Gasteiger partial charge >= 0.3 is 0 Å². The van der Waals surface area contributed by atoms with Gasteiger partial charge < -0.3 is 10.1 Å². The van der Waals surface area contributed by atoms with Crippen LogP contribution in [0.5, 0.6) is 0 Å². The maximum Gasteiger partial charge on any atom is 0.138 e. The monoisotopic (exact) mass is 453 g/mol. The molecular weight excluding hydrogens is 437 g/mol. The van der Waals surface area contributed by atoms with Gasteiger partial charge in [0.25, 0.3) is 0 Å². The Morgan fingerprint density at radius 1 is 0.885 bits per heavy atom. The number of nitrogens with zero attached hydrogens (tertiary/aromatic N) is 2. The lowest BCUT2D eigenvalue weighted by atomic mass is 10.1. The van der Waals surface area contributed by atoms with E-state index in [4.69, 9.17) is 4.98 Å². The average Bonchev–Trinajstić information content (AvgIpc) is 3.14. The first kappa shape index (κ1) is 16.9. The number of aliphatic hydroxyl groups is 1. The molecule has 4 aromatic rings. The molecule has 4 nitrogen and oxygen atoms in total. The Labute approximate surface area is 165 Å². The van der Waals surface area contributed by atoms with Gasteiger partial charge in [-0.05, 0) is 52.4 Å². The first-order valence-electron chi connectivity index (χ1n) is 8.21. The summed E-state index contributed by atoms with van der Waals surface area (Å²) < 4.78 is 1.17. The third-order valence-corrected chi connectivity index (χ3v) is 4.85. The molecule has 0 bridgehead atoms. The molecule has 2 N–H and O–H groups in total. The van der Waals surface area contributed by atoms with Gasteiger partial charge in [0, 0.05) is 32.7 Å². The van der Waals surface area contributed by atoms with Crippen LogP contribution in [0.15, 0.2) is 73.1 Å². The van der Waals surface area contributed by atoms with E-state index in [2.05, 4.69) is 50.8 Å². The van der Waals surface area contributed by atoms with Gasteiger partial charge in [0.15, 0.2) is 0 Å². The summed E-state index contributed by atoms with van der Waals surface area (Å²) in [4.78, 5) is 12.5. The van der Waals surface area contributed by atoms with Crippen LogP contribution in [0.1, 0.15) is 5.56 Å². The Morgan fingerprint density at radius 2 is 1.65 bits per heavy atom. The van der Waals surface area contributed by atoms with Crippen molar-refractivity contribution in [3.05, 3.63) is 82.2 Å². The van der Waals surface area contributed by atoms with E-state index in [1.807, 2.05) is 42.5 Å². The van der Waals surface area contributed by atoms with E-state index in [0.717, 1.165) is 39.5 Å². The first-order valence-corrected chi connectivity index (χ1v) is 9.29. The minimum Gasteiger partial charge on any atom is -0.392 e. The third-order valence-electron chi connectivity index (χ3n) is 4.18. The number of hydrogen-bond acceptors (Lipinski definition) is 3. The molecule has 26 heavy (non-hydrogen) atoms. The number of imidazole rings is 1. The summed E-state index contributed by atoms with van der Waals surface area (Å²) in [6, 6.07) is 20.0. The summed E-state index contributed by atoms with van der Waals surface area (Å²) in [5.74, 6) is 0.801. The smallest absolute Gasteiger partial charge is 0.138 e. The standard InChI is InChI=1S/C21H16IN3O/c22-18-3-1-2-17(12-18)20-19(15-8-10-23-11-9-15)24-21(25-20)16-6-4-14(13-26)5-7-16/h1-12,26H,13H2,(H,24,25). The number of halogens is 1. The van der Waals surface area contributed by atoms with Crippen LogP contribution in [0.25, 0.3) is 33.9 Å². The van der Waals surface area contributed by atoms with E-state index in [-0.39, 0.29) is 6.61 Å². The van der Waals surface area contributed by atoms with Crippen molar-refractivity contribution >= 4 is 22.6 Å². The van der Waals surface area contributed by atoms with Crippen molar-refractivity contribution in [1.29, 1.82) is 0 Å². The lowest BCUT2D eigenvalue weighted by Crippen LogP contribution is -1.85. The number of pyridine rings is 1. The summed E-state index contributed by atoms with van der Waals surface area (Å²) in [5, 5.41) is 9.24. The molecule has 5 heteroatoms. The SMILES string of the molecule is OCc1ccc(-c2nc(-c3ccncc3)c(-c3cccc(I)c3)[nH]2)cc1. The fraction of sp³-hybridized carbons (Fsp3) is 0.0476. The molecule has 0 radical (unpaired) electrons. The second-order valence-corrected chi connectivity index (χ2v) is 7.16. The predicted molar refractivity (Wildman–Crippen MR) is 111 cm³/mol. The summed E-state index contributed by atoms with van der Waals surface area (Å²) in [6.45, 7) is 0.0361. The Morgan fingerprint density at radius 3 is 2.35 bits per heavy atom. The highest BCUT2D eigenvalue weighted by atomic mass is 127. The summed E-state index contributed by atoms with van der Waals surface area (Å²) in [7, 11) is 0. The molecule has 0 aliphatic carbocycles. The number of aromatic amines is 1. The second-order valence-electron chi connectivity index (χ2n) is 5.91. The average molecular weight is 453 g/mol. The molecule has 128 valence electrons. The van der Waals surface area contributed by atoms with Crippen molar-refractivity contribution < 1.29 is 5.11 Å². The molecule has 0 aliphatic rings. The topological polar surface area (TPSA) is 61.8 Å². The maximum atomic E-state index is 9.24. The maximum absolute atomic E-state index is 9.24.